The number of rotatable bonds is 3. The van der Waals surface area contributed by atoms with Gasteiger partial charge in [-0.3, -0.25) is 10.1 Å². The minimum absolute atomic E-state index is 0.0494. The molecular formula is C10H5ClF2N2O3. The predicted octanol–water partition coefficient (Wildman–Crippen LogP) is 3.40. The van der Waals surface area contributed by atoms with Crippen LogP contribution in [0, 0.1) is 10.1 Å². The lowest BCUT2D eigenvalue weighted by Gasteiger charge is -2.07. The number of fused-ring (bicyclic) bond motifs is 1. The molecule has 1 aromatic carbocycles. The van der Waals surface area contributed by atoms with Crippen molar-refractivity contribution in [3.63, 3.8) is 0 Å². The summed E-state index contributed by atoms with van der Waals surface area (Å²) in [5.41, 5.74) is -0.341. The third-order valence-electron chi connectivity index (χ3n) is 2.19. The summed E-state index contributed by atoms with van der Waals surface area (Å²) < 4.78 is 28.6. The number of nitrogens with zero attached hydrogens (tertiary/aromatic N) is 2. The molecule has 0 aliphatic carbocycles. The minimum Gasteiger partial charge on any atom is -0.432 e. The highest BCUT2D eigenvalue weighted by Crippen LogP contribution is 2.35. The highest BCUT2D eigenvalue weighted by atomic mass is 35.5. The van der Waals surface area contributed by atoms with Crippen LogP contribution in [0.25, 0.3) is 10.9 Å². The highest BCUT2D eigenvalue weighted by Gasteiger charge is 2.18. The summed E-state index contributed by atoms with van der Waals surface area (Å²) in [6.07, 6.45) is 0.906. The summed E-state index contributed by atoms with van der Waals surface area (Å²) in [5.74, 6) is -0.181. The summed E-state index contributed by atoms with van der Waals surface area (Å²) in [6.45, 7) is -3.01. The summed E-state index contributed by atoms with van der Waals surface area (Å²) in [4.78, 5) is 13.7. The molecule has 1 heterocycles. The van der Waals surface area contributed by atoms with E-state index >= 15 is 0 Å². The zero-order chi connectivity index (χ0) is 13.3. The van der Waals surface area contributed by atoms with Crippen LogP contribution in [0.4, 0.5) is 14.5 Å². The molecule has 0 aliphatic heterocycles. The van der Waals surface area contributed by atoms with Crippen molar-refractivity contribution >= 4 is 28.2 Å². The molecule has 2 rings (SSSR count). The Hall–Kier alpha value is -2.02. The van der Waals surface area contributed by atoms with E-state index in [2.05, 4.69) is 9.72 Å². The SMILES string of the molecule is O=[N+]([O-])c1cnc2c(OC(F)F)cccc2c1Cl. The number of hydrogen-bond donors (Lipinski definition) is 0. The number of benzene rings is 1. The van der Waals surface area contributed by atoms with Crippen molar-refractivity contribution in [3.05, 3.63) is 39.5 Å². The van der Waals surface area contributed by atoms with Gasteiger partial charge in [-0.1, -0.05) is 23.7 Å². The molecule has 5 nitrogen and oxygen atoms in total. The molecule has 18 heavy (non-hydrogen) atoms. The van der Waals surface area contributed by atoms with E-state index in [1.54, 1.807) is 0 Å². The maximum absolute atomic E-state index is 12.2. The monoisotopic (exact) mass is 274 g/mol. The lowest BCUT2D eigenvalue weighted by molar-refractivity contribution is -0.384. The first-order valence-electron chi connectivity index (χ1n) is 4.67. The number of pyridine rings is 1. The second kappa shape index (κ2) is 4.69. The summed E-state index contributed by atoms with van der Waals surface area (Å²) in [7, 11) is 0. The van der Waals surface area contributed by atoms with Gasteiger partial charge < -0.3 is 4.74 Å². The molecule has 0 fully saturated rings. The maximum atomic E-state index is 12.2. The first-order chi connectivity index (χ1) is 8.50. The van der Waals surface area contributed by atoms with Gasteiger partial charge in [0.05, 0.1) is 4.92 Å². The van der Waals surface area contributed by atoms with Crippen LogP contribution in [0.3, 0.4) is 0 Å². The molecule has 0 bridgehead atoms. The third kappa shape index (κ3) is 2.17. The number of alkyl halides is 2. The molecule has 2 aromatic rings. The largest absolute Gasteiger partial charge is 0.432 e. The van der Waals surface area contributed by atoms with E-state index in [1.807, 2.05) is 0 Å². The Balaban J connectivity index is 2.66. The van der Waals surface area contributed by atoms with Crippen LogP contribution in [0.1, 0.15) is 0 Å². The molecule has 0 saturated carbocycles. The number of halogens is 3. The van der Waals surface area contributed by atoms with Gasteiger partial charge in [-0.05, 0) is 6.07 Å². The fraction of sp³-hybridized carbons (Fsp3) is 0.100. The molecule has 0 unspecified atom stereocenters. The number of hydrogen-bond acceptors (Lipinski definition) is 4. The average Bonchev–Trinajstić information content (AvgIpc) is 2.29. The van der Waals surface area contributed by atoms with Crippen molar-refractivity contribution in [1.29, 1.82) is 0 Å². The van der Waals surface area contributed by atoms with Crippen LogP contribution in [-0.4, -0.2) is 16.5 Å². The fourth-order valence-electron chi connectivity index (χ4n) is 1.47. The lowest BCUT2D eigenvalue weighted by Crippen LogP contribution is -2.03. The number of aromatic nitrogens is 1. The number of para-hydroxylation sites is 1. The quantitative estimate of drug-likeness (QED) is 0.635. The molecule has 0 N–H and O–H groups in total. The molecule has 0 spiro atoms. The van der Waals surface area contributed by atoms with Crippen molar-refractivity contribution in [2.24, 2.45) is 0 Å². The Morgan fingerprint density at radius 3 is 2.78 bits per heavy atom. The van der Waals surface area contributed by atoms with Crippen LogP contribution in [0.15, 0.2) is 24.4 Å². The molecule has 0 aliphatic rings. The van der Waals surface area contributed by atoms with E-state index in [1.165, 1.54) is 18.2 Å². The Labute approximate surface area is 104 Å². The minimum atomic E-state index is -3.01. The van der Waals surface area contributed by atoms with Gasteiger partial charge in [-0.15, -0.1) is 0 Å². The van der Waals surface area contributed by atoms with Crippen molar-refractivity contribution < 1.29 is 18.4 Å². The summed E-state index contributed by atoms with van der Waals surface area (Å²) in [5, 5.41) is 10.7. The smallest absolute Gasteiger partial charge is 0.387 e. The van der Waals surface area contributed by atoms with Gasteiger partial charge in [0.25, 0.3) is 0 Å². The van der Waals surface area contributed by atoms with Gasteiger partial charge >= 0.3 is 12.3 Å². The van der Waals surface area contributed by atoms with Gasteiger partial charge in [0.15, 0.2) is 5.75 Å². The Morgan fingerprint density at radius 1 is 1.44 bits per heavy atom. The van der Waals surface area contributed by atoms with Gasteiger partial charge in [-0.2, -0.15) is 8.78 Å². The zero-order valence-electron chi connectivity index (χ0n) is 8.64. The molecule has 0 radical (unpaired) electrons. The topological polar surface area (TPSA) is 65.3 Å². The summed E-state index contributed by atoms with van der Waals surface area (Å²) in [6, 6.07) is 4.12. The van der Waals surface area contributed by atoms with Crippen LogP contribution in [0.2, 0.25) is 5.02 Å². The van der Waals surface area contributed by atoms with Gasteiger partial charge in [-0.25, -0.2) is 4.98 Å². The predicted molar refractivity (Wildman–Crippen MR) is 60.0 cm³/mol. The number of nitro groups is 1. The molecule has 1 aromatic heterocycles. The molecule has 94 valence electrons. The highest BCUT2D eigenvalue weighted by molar-refractivity contribution is 6.37. The van der Waals surface area contributed by atoms with E-state index in [4.69, 9.17) is 11.6 Å². The zero-order valence-corrected chi connectivity index (χ0v) is 9.40. The first-order valence-corrected chi connectivity index (χ1v) is 5.05. The average molecular weight is 275 g/mol. The van der Waals surface area contributed by atoms with Crippen LogP contribution >= 0.6 is 11.6 Å². The summed E-state index contributed by atoms with van der Waals surface area (Å²) >= 11 is 5.82. The van der Waals surface area contributed by atoms with E-state index in [0.29, 0.717) is 0 Å². The second-order valence-corrected chi connectivity index (χ2v) is 3.62. The normalized spacial score (nSPS) is 10.9. The van der Waals surface area contributed by atoms with Crippen LogP contribution < -0.4 is 4.74 Å². The Morgan fingerprint density at radius 2 is 2.17 bits per heavy atom. The van der Waals surface area contributed by atoms with Crippen LogP contribution in [0.5, 0.6) is 5.75 Å². The van der Waals surface area contributed by atoms with Crippen LogP contribution in [-0.2, 0) is 0 Å². The molecule has 0 saturated heterocycles. The Kier molecular flexibility index (Phi) is 3.24. The van der Waals surface area contributed by atoms with E-state index in [0.717, 1.165) is 6.20 Å². The second-order valence-electron chi connectivity index (χ2n) is 3.25. The van der Waals surface area contributed by atoms with E-state index in [-0.39, 0.29) is 21.7 Å². The van der Waals surface area contributed by atoms with Crippen molar-refractivity contribution in [2.45, 2.75) is 6.61 Å². The van der Waals surface area contributed by atoms with Gasteiger partial charge in [0, 0.05) is 5.39 Å². The third-order valence-corrected chi connectivity index (χ3v) is 2.59. The van der Waals surface area contributed by atoms with Gasteiger partial charge in [0.1, 0.15) is 16.7 Å². The standard InChI is InChI=1S/C10H5ClF2N2O3/c11-8-5-2-1-3-7(18-10(12)13)9(5)14-4-6(8)15(16)17/h1-4,10H. The van der Waals surface area contributed by atoms with Gasteiger partial charge in [0.2, 0.25) is 0 Å². The fourth-order valence-corrected chi connectivity index (χ4v) is 1.74. The molecule has 0 amide bonds. The maximum Gasteiger partial charge on any atom is 0.387 e. The molecular weight excluding hydrogens is 270 g/mol. The van der Waals surface area contributed by atoms with E-state index < -0.39 is 17.2 Å². The van der Waals surface area contributed by atoms with Crippen molar-refractivity contribution in [1.82, 2.24) is 4.98 Å². The van der Waals surface area contributed by atoms with Crippen molar-refractivity contribution in [3.8, 4) is 5.75 Å². The van der Waals surface area contributed by atoms with E-state index in [9.17, 15) is 18.9 Å². The first kappa shape index (κ1) is 12.4. The Bertz CT molecular complexity index is 621. The van der Waals surface area contributed by atoms with Crippen molar-refractivity contribution in [2.75, 3.05) is 0 Å². The molecule has 8 heteroatoms. The molecule has 0 atom stereocenters. The number of ether oxygens (including phenoxy) is 1. The lowest BCUT2D eigenvalue weighted by atomic mass is 10.2.